The van der Waals surface area contributed by atoms with Crippen molar-refractivity contribution in [3.8, 4) is 22.1 Å². The average molecular weight is 478 g/mol. The number of nitrogens with one attached hydrogen (secondary N) is 1. The third kappa shape index (κ3) is 5.92. The third-order valence-corrected chi connectivity index (χ3v) is 6.05. The van der Waals surface area contributed by atoms with Crippen molar-refractivity contribution in [1.82, 2.24) is 9.88 Å². The lowest BCUT2D eigenvalue weighted by atomic mass is 10.1. The van der Waals surface area contributed by atoms with E-state index < -0.39 is 0 Å². The fourth-order valence-electron chi connectivity index (χ4n) is 3.35. The number of thiazole rings is 1. The fraction of sp³-hybridized carbons (Fsp3) is 0.154. The zero-order chi connectivity index (χ0) is 23.2. The number of hydrogen-bond donors (Lipinski definition) is 1. The van der Waals surface area contributed by atoms with Gasteiger partial charge in [0.05, 0.1) is 5.69 Å². The summed E-state index contributed by atoms with van der Waals surface area (Å²) in [4.78, 5) is 19.5. The predicted molar refractivity (Wildman–Crippen MR) is 135 cm³/mol. The van der Waals surface area contributed by atoms with Gasteiger partial charge in [-0.15, -0.1) is 11.3 Å². The fourth-order valence-corrected chi connectivity index (χ4v) is 4.15. The second-order valence-corrected chi connectivity index (χ2v) is 9.08. The summed E-state index contributed by atoms with van der Waals surface area (Å²) in [6, 6.07) is 22.5. The number of para-hydroxylation sites is 1. The van der Waals surface area contributed by atoms with E-state index in [1.54, 1.807) is 40.6 Å². The highest BCUT2D eigenvalue weighted by Gasteiger charge is 2.20. The molecule has 0 atom stereocenters. The van der Waals surface area contributed by atoms with Gasteiger partial charge in [-0.1, -0.05) is 48.0 Å². The Kier molecular flexibility index (Phi) is 7.27. The Morgan fingerprint density at radius 1 is 1.09 bits per heavy atom. The standard InChI is InChI=1S/C26H24ClN3O2S/c1-18(2)30(17-19-7-6-8-20(15-19)25-28-13-14-33-25)26(31)29-23-16-21(27)11-12-24(23)32-22-9-4-3-5-10-22/h3-16,18H,17H2,1-2H3,(H,29,31). The largest absolute Gasteiger partial charge is 0.455 e. The number of benzene rings is 3. The summed E-state index contributed by atoms with van der Waals surface area (Å²) in [6.07, 6.45) is 1.79. The monoisotopic (exact) mass is 477 g/mol. The lowest BCUT2D eigenvalue weighted by molar-refractivity contribution is 0.193. The van der Waals surface area contributed by atoms with Gasteiger partial charge in [0.15, 0.2) is 5.75 Å². The quantitative estimate of drug-likeness (QED) is 0.296. The highest BCUT2D eigenvalue weighted by molar-refractivity contribution is 7.13. The summed E-state index contributed by atoms with van der Waals surface area (Å²) in [5, 5.41) is 6.41. The second kappa shape index (κ2) is 10.5. The molecule has 0 saturated heterocycles. The molecule has 1 heterocycles. The lowest BCUT2D eigenvalue weighted by Gasteiger charge is -2.27. The van der Waals surface area contributed by atoms with E-state index in [1.807, 2.05) is 67.8 Å². The van der Waals surface area contributed by atoms with E-state index in [0.29, 0.717) is 28.8 Å². The van der Waals surface area contributed by atoms with Crippen LogP contribution in [0.1, 0.15) is 19.4 Å². The molecule has 0 aliphatic rings. The normalized spacial score (nSPS) is 10.8. The number of anilines is 1. The van der Waals surface area contributed by atoms with Gasteiger partial charge < -0.3 is 15.0 Å². The summed E-state index contributed by atoms with van der Waals surface area (Å²) in [5.74, 6) is 1.20. The molecule has 0 fully saturated rings. The van der Waals surface area contributed by atoms with Crippen LogP contribution in [0.4, 0.5) is 10.5 Å². The number of carbonyl (C=O) groups excluding carboxylic acids is 1. The predicted octanol–water partition coefficient (Wildman–Crippen LogP) is 7.70. The number of carbonyl (C=O) groups is 1. The minimum absolute atomic E-state index is 0.0220. The maximum absolute atomic E-state index is 13.3. The van der Waals surface area contributed by atoms with Crippen molar-refractivity contribution in [3.05, 3.63) is 95.0 Å². The van der Waals surface area contributed by atoms with E-state index in [1.165, 1.54) is 0 Å². The lowest BCUT2D eigenvalue weighted by Crippen LogP contribution is -2.39. The molecule has 1 aromatic heterocycles. The van der Waals surface area contributed by atoms with E-state index >= 15 is 0 Å². The molecule has 168 valence electrons. The van der Waals surface area contributed by atoms with Crippen molar-refractivity contribution in [1.29, 1.82) is 0 Å². The van der Waals surface area contributed by atoms with E-state index in [9.17, 15) is 4.79 Å². The van der Waals surface area contributed by atoms with Gasteiger partial charge in [-0.05, 0) is 55.8 Å². The number of ether oxygens (including phenoxy) is 1. The Bertz CT molecular complexity index is 1210. The molecule has 2 amide bonds. The Balaban J connectivity index is 1.54. The third-order valence-electron chi connectivity index (χ3n) is 5.00. The van der Waals surface area contributed by atoms with Crippen molar-refractivity contribution in [3.63, 3.8) is 0 Å². The van der Waals surface area contributed by atoms with Crippen LogP contribution in [-0.4, -0.2) is 22.0 Å². The smallest absolute Gasteiger partial charge is 0.322 e. The highest BCUT2D eigenvalue weighted by atomic mass is 35.5. The van der Waals surface area contributed by atoms with Crippen LogP contribution in [0.15, 0.2) is 84.4 Å². The molecule has 0 radical (unpaired) electrons. The first-order chi connectivity index (χ1) is 16.0. The molecule has 33 heavy (non-hydrogen) atoms. The molecule has 0 bridgehead atoms. The van der Waals surface area contributed by atoms with Gasteiger partial charge in [0.2, 0.25) is 0 Å². The van der Waals surface area contributed by atoms with Crippen molar-refractivity contribution in [2.45, 2.75) is 26.4 Å². The van der Waals surface area contributed by atoms with Crippen LogP contribution in [0.5, 0.6) is 11.5 Å². The van der Waals surface area contributed by atoms with Crippen LogP contribution < -0.4 is 10.1 Å². The Morgan fingerprint density at radius 2 is 1.91 bits per heavy atom. The average Bonchev–Trinajstić information content (AvgIpc) is 3.35. The summed E-state index contributed by atoms with van der Waals surface area (Å²) < 4.78 is 5.98. The van der Waals surface area contributed by atoms with E-state index in [0.717, 1.165) is 16.1 Å². The first-order valence-corrected chi connectivity index (χ1v) is 11.8. The van der Waals surface area contributed by atoms with Crippen LogP contribution in [0.2, 0.25) is 5.02 Å². The van der Waals surface area contributed by atoms with Gasteiger partial charge in [0.1, 0.15) is 10.8 Å². The van der Waals surface area contributed by atoms with Gasteiger partial charge in [-0.25, -0.2) is 9.78 Å². The zero-order valence-corrected chi connectivity index (χ0v) is 19.9. The molecule has 1 N–H and O–H groups in total. The molecular weight excluding hydrogens is 454 g/mol. The van der Waals surface area contributed by atoms with E-state index in [-0.39, 0.29) is 12.1 Å². The van der Waals surface area contributed by atoms with Crippen molar-refractivity contribution in [2.24, 2.45) is 0 Å². The number of aromatic nitrogens is 1. The molecule has 4 aromatic rings. The number of hydrogen-bond acceptors (Lipinski definition) is 4. The number of rotatable bonds is 7. The van der Waals surface area contributed by atoms with Gasteiger partial charge >= 0.3 is 6.03 Å². The second-order valence-electron chi connectivity index (χ2n) is 7.75. The molecule has 0 saturated carbocycles. The van der Waals surface area contributed by atoms with Gasteiger partial charge in [-0.3, -0.25) is 0 Å². The summed E-state index contributed by atoms with van der Waals surface area (Å²) >= 11 is 7.81. The molecule has 5 nitrogen and oxygen atoms in total. The van der Waals surface area contributed by atoms with Gasteiger partial charge in [0, 0.05) is 34.7 Å². The number of amides is 2. The van der Waals surface area contributed by atoms with Gasteiger partial charge in [-0.2, -0.15) is 0 Å². The Morgan fingerprint density at radius 3 is 2.64 bits per heavy atom. The first kappa shape index (κ1) is 22.8. The molecule has 0 unspecified atom stereocenters. The molecular formula is C26H24ClN3O2S. The van der Waals surface area contributed by atoms with Crippen molar-refractivity contribution < 1.29 is 9.53 Å². The molecule has 0 aliphatic heterocycles. The molecule has 0 spiro atoms. The van der Waals surface area contributed by atoms with Crippen LogP contribution in [0, 0.1) is 0 Å². The minimum atomic E-state index is -0.232. The maximum Gasteiger partial charge on any atom is 0.322 e. The SMILES string of the molecule is CC(C)N(Cc1cccc(-c2nccs2)c1)C(=O)Nc1cc(Cl)ccc1Oc1ccccc1. The number of urea groups is 1. The van der Waals surface area contributed by atoms with Crippen LogP contribution >= 0.6 is 22.9 Å². The van der Waals surface area contributed by atoms with Crippen LogP contribution in [0.25, 0.3) is 10.6 Å². The molecule has 0 aliphatic carbocycles. The van der Waals surface area contributed by atoms with Crippen LogP contribution in [-0.2, 0) is 6.54 Å². The van der Waals surface area contributed by atoms with Crippen LogP contribution in [0.3, 0.4) is 0 Å². The van der Waals surface area contributed by atoms with Gasteiger partial charge in [0.25, 0.3) is 0 Å². The first-order valence-electron chi connectivity index (χ1n) is 10.6. The maximum atomic E-state index is 13.3. The molecule has 4 rings (SSSR count). The Hall–Kier alpha value is -3.35. The van der Waals surface area contributed by atoms with Crippen molar-refractivity contribution in [2.75, 3.05) is 5.32 Å². The van der Waals surface area contributed by atoms with E-state index in [4.69, 9.17) is 16.3 Å². The minimum Gasteiger partial charge on any atom is -0.455 e. The highest BCUT2D eigenvalue weighted by Crippen LogP contribution is 2.32. The number of halogens is 1. The summed E-state index contributed by atoms with van der Waals surface area (Å²) in [6.45, 7) is 4.44. The Labute approximate surface area is 202 Å². The molecule has 3 aromatic carbocycles. The summed E-state index contributed by atoms with van der Waals surface area (Å²) in [5.41, 5.74) is 2.58. The van der Waals surface area contributed by atoms with Crippen molar-refractivity contribution >= 4 is 34.7 Å². The van der Waals surface area contributed by atoms with E-state index in [2.05, 4.69) is 16.4 Å². The molecule has 7 heteroatoms. The zero-order valence-electron chi connectivity index (χ0n) is 18.4. The number of nitrogens with zero attached hydrogens (tertiary/aromatic N) is 2. The summed E-state index contributed by atoms with van der Waals surface area (Å²) in [7, 11) is 0. The topological polar surface area (TPSA) is 54.5 Å².